The van der Waals surface area contributed by atoms with E-state index in [1.807, 2.05) is 12.1 Å². The van der Waals surface area contributed by atoms with Crippen LogP contribution in [0, 0.1) is 12.7 Å². The molecule has 1 aromatic rings. The van der Waals surface area contributed by atoms with Crippen LogP contribution in [0.5, 0.6) is 0 Å². The summed E-state index contributed by atoms with van der Waals surface area (Å²) in [5.74, 6) is -0.161. The molecule has 0 aromatic heterocycles. The van der Waals surface area contributed by atoms with Crippen LogP contribution in [0.1, 0.15) is 30.5 Å². The SMILES string of the molecule is CCN(CC)Cc1cc(C)c(F)c(CN)c1. The number of nitrogens with zero attached hydrogens (tertiary/aromatic N) is 1. The fraction of sp³-hybridized carbons (Fsp3) is 0.538. The molecule has 0 saturated carbocycles. The molecule has 3 heteroatoms. The smallest absolute Gasteiger partial charge is 0.130 e. The third kappa shape index (κ3) is 3.03. The van der Waals surface area contributed by atoms with Crippen LogP contribution in [-0.4, -0.2) is 18.0 Å². The summed E-state index contributed by atoms with van der Waals surface area (Å²) in [6, 6.07) is 3.79. The van der Waals surface area contributed by atoms with Crippen molar-refractivity contribution in [1.82, 2.24) is 4.90 Å². The summed E-state index contributed by atoms with van der Waals surface area (Å²) in [5.41, 5.74) is 7.97. The van der Waals surface area contributed by atoms with Gasteiger partial charge in [-0.3, -0.25) is 4.90 Å². The molecule has 0 saturated heterocycles. The second kappa shape index (κ2) is 5.97. The molecule has 0 aliphatic rings. The van der Waals surface area contributed by atoms with Crippen molar-refractivity contribution >= 4 is 0 Å². The largest absolute Gasteiger partial charge is 0.326 e. The van der Waals surface area contributed by atoms with Gasteiger partial charge in [0.25, 0.3) is 0 Å². The molecule has 1 aromatic carbocycles. The molecule has 90 valence electrons. The van der Waals surface area contributed by atoms with Crippen molar-refractivity contribution in [2.75, 3.05) is 13.1 Å². The normalized spacial score (nSPS) is 11.1. The lowest BCUT2D eigenvalue weighted by atomic mass is 10.0. The van der Waals surface area contributed by atoms with Gasteiger partial charge in [0.05, 0.1) is 0 Å². The van der Waals surface area contributed by atoms with Crippen molar-refractivity contribution in [1.29, 1.82) is 0 Å². The van der Waals surface area contributed by atoms with Crippen molar-refractivity contribution in [2.24, 2.45) is 5.73 Å². The molecule has 0 bridgehead atoms. The number of hydrogen-bond donors (Lipinski definition) is 1. The van der Waals surface area contributed by atoms with Gasteiger partial charge in [-0.15, -0.1) is 0 Å². The van der Waals surface area contributed by atoms with Gasteiger partial charge in [-0.25, -0.2) is 4.39 Å². The first-order valence-electron chi connectivity index (χ1n) is 5.82. The second-order valence-corrected chi connectivity index (χ2v) is 4.05. The van der Waals surface area contributed by atoms with Gasteiger partial charge in [-0.05, 0) is 31.1 Å². The molecular formula is C13H21FN2. The molecule has 16 heavy (non-hydrogen) atoms. The molecule has 0 aliphatic carbocycles. The summed E-state index contributed by atoms with van der Waals surface area (Å²) in [5, 5.41) is 0. The van der Waals surface area contributed by atoms with E-state index in [0.29, 0.717) is 11.1 Å². The van der Waals surface area contributed by atoms with Gasteiger partial charge in [0.1, 0.15) is 5.82 Å². The highest BCUT2D eigenvalue weighted by Gasteiger charge is 2.08. The highest BCUT2D eigenvalue weighted by atomic mass is 19.1. The highest BCUT2D eigenvalue weighted by Crippen LogP contribution is 2.16. The molecule has 0 amide bonds. The van der Waals surface area contributed by atoms with E-state index in [1.54, 1.807) is 6.92 Å². The van der Waals surface area contributed by atoms with Gasteiger partial charge in [0.15, 0.2) is 0 Å². The first-order chi connectivity index (χ1) is 7.62. The molecule has 0 aliphatic heterocycles. The third-order valence-electron chi connectivity index (χ3n) is 2.91. The van der Waals surface area contributed by atoms with E-state index in [9.17, 15) is 4.39 Å². The Hall–Kier alpha value is -0.930. The first-order valence-corrected chi connectivity index (χ1v) is 5.82. The third-order valence-corrected chi connectivity index (χ3v) is 2.91. The maximum atomic E-state index is 13.6. The Labute approximate surface area is 97.3 Å². The molecule has 0 heterocycles. The molecular weight excluding hydrogens is 203 g/mol. The minimum atomic E-state index is -0.161. The molecule has 1 rings (SSSR count). The van der Waals surface area contributed by atoms with Crippen LogP contribution in [0.2, 0.25) is 0 Å². The van der Waals surface area contributed by atoms with Gasteiger partial charge >= 0.3 is 0 Å². The summed E-state index contributed by atoms with van der Waals surface area (Å²) in [4.78, 5) is 2.30. The van der Waals surface area contributed by atoms with Gasteiger partial charge in [-0.1, -0.05) is 26.0 Å². The fourth-order valence-electron chi connectivity index (χ4n) is 1.87. The van der Waals surface area contributed by atoms with Crippen molar-refractivity contribution in [2.45, 2.75) is 33.9 Å². The molecule has 0 atom stereocenters. The highest BCUT2D eigenvalue weighted by molar-refractivity contribution is 5.31. The van der Waals surface area contributed by atoms with E-state index in [0.717, 1.165) is 25.2 Å². The summed E-state index contributed by atoms with van der Waals surface area (Å²) in [6.45, 7) is 9.18. The first kappa shape index (κ1) is 13.1. The Morgan fingerprint density at radius 1 is 1.25 bits per heavy atom. The molecule has 2 N–H and O–H groups in total. The van der Waals surface area contributed by atoms with Gasteiger partial charge in [0, 0.05) is 18.7 Å². The Morgan fingerprint density at radius 3 is 2.38 bits per heavy atom. The van der Waals surface area contributed by atoms with Crippen molar-refractivity contribution < 1.29 is 4.39 Å². The lowest BCUT2D eigenvalue weighted by Gasteiger charge is -2.19. The second-order valence-electron chi connectivity index (χ2n) is 4.05. The lowest BCUT2D eigenvalue weighted by Crippen LogP contribution is -2.22. The van der Waals surface area contributed by atoms with Crippen LogP contribution in [0.3, 0.4) is 0 Å². The Bertz CT molecular complexity index is 346. The van der Waals surface area contributed by atoms with Crippen LogP contribution in [-0.2, 0) is 13.1 Å². The zero-order chi connectivity index (χ0) is 12.1. The zero-order valence-electron chi connectivity index (χ0n) is 10.4. The molecule has 2 nitrogen and oxygen atoms in total. The summed E-state index contributed by atoms with van der Waals surface area (Å²) < 4.78 is 13.6. The topological polar surface area (TPSA) is 29.3 Å². The number of benzene rings is 1. The van der Waals surface area contributed by atoms with E-state index in [-0.39, 0.29) is 12.4 Å². The summed E-state index contributed by atoms with van der Waals surface area (Å²) >= 11 is 0. The predicted octanol–water partition coefficient (Wildman–Crippen LogP) is 2.43. The van der Waals surface area contributed by atoms with Crippen LogP contribution in [0.25, 0.3) is 0 Å². The standard InChI is InChI=1S/C13H21FN2/c1-4-16(5-2)9-11-6-10(3)13(14)12(7-11)8-15/h6-7H,4-5,8-9,15H2,1-3H3. The minimum Gasteiger partial charge on any atom is -0.326 e. The minimum absolute atomic E-state index is 0.161. The van der Waals surface area contributed by atoms with E-state index in [4.69, 9.17) is 5.73 Å². The van der Waals surface area contributed by atoms with Crippen LogP contribution < -0.4 is 5.73 Å². The Balaban J connectivity index is 2.93. The summed E-state index contributed by atoms with van der Waals surface area (Å²) in [7, 11) is 0. The molecule has 0 unspecified atom stereocenters. The van der Waals surface area contributed by atoms with Gasteiger partial charge in [-0.2, -0.15) is 0 Å². The molecule has 0 spiro atoms. The fourth-order valence-corrected chi connectivity index (χ4v) is 1.87. The lowest BCUT2D eigenvalue weighted by molar-refractivity contribution is 0.295. The van der Waals surface area contributed by atoms with Gasteiger partial charge < -0.3 is 5.73 Å². The monoisotopic (exact) mass is 224 g/mol. The number of aryl methyl sites for hydroxylation is 1. The predicted molar refractivity (Wildman–Crippen MR) is 65.7 cm³/mol. The quantitative estimate of drug-likeness (QED) is 0.832. The number of hydrogen-bond acceptors (Lipinski definition) is 2. The van der Waals surface area contributed by atoms with E-state index in [2.05, 4.69) is 18.7 Å². The van der Waals surface area contributed by atoms with Crippen LogP contribution in [0.15, 0.2) is 12.1 Å². The Morgan fingerprint density at radius 2 is 1.88 bits per heavy atom. The molecule has 0 fully saturated rings. The van der Waals surface area contributed by atoms with Crippen molar-refractivity contribution in [3.63, 3.8) is 0 Å². The van der Waals surface area contributed by atoms with Crippen LogP contribution in [0.4, 0.5) is 4.39 Å². The summed E-state index contributed by atoms with van der Waals surface area (Å²) in [6.07, 6.45) is 0. The van der Waals surface area contributed by atoms with Crippen molar-refractivity contribution in [3.8, 4) is 0 Å². The van der Waals surface area contributed by atoms with Crippen molar-refractivity contribution in [3.05, 3.63) is 34.6 Å². The number of nitrogens with two attached hydrogens (primary N) is 1. The van der Waals surface area contributed by atoms with E-state index in [1.165, 1.54) is 0 Å². The number of halogens is 1. The maximum absolute atomic E-state index is 13.6. The molecule has 0 radical (unpaired) electrons. The number of rotatable bonds is 5. The average Bonchev–Trinajstić information content (AvgIpc) is 2.30. The zero-order valence-corrected chi connectivity index (χ0v) is 10.4. The van der Waals surface area contributed by atoms with E-state index < -0.39 is 0 Å². The van der Waals surface area contributed by atoms with Gasteiger partial charge in [0.2, 0.25) is 0 Å². The average molecular weight is 224 g/mol. The maximum Gasteiger partial charge on any atom is 0.130 e. The van der Waals surface area contributed by atoms with E-state index >= 15 is 0 Å². The van der Waals surface area contributed by atoms with Crippen LogP contribution >= 0.6 is 0 Å². The Kier molecular flexibility index (Phi) is 4.90.